The second-order valence-electron chi connectivity index (χ2n) is 7.28. The zero-order chi connectivity index (χ0) is 22.0. The molecule has 31 heavy (non-hydrogen) atoms. The van der Waals surface area contributed by atoms with Crippen LogP contribution in [0.1, 0.15) is 11.3 Å². The molecule has 4 rings (SSSR count). The van der Waals surface area contributed by atoms with E-state index in [-0.39, 0.29) is 0 Å². The topological polar surface area (TPSA) is 89.3 Å². The lowest BCUT2D eigenvalue weighted by Crippen LogP contribution is -2.12. The molecule has 0 saturated carbocycles. The molecule has 2 aromatic carbocycles. The SMILES string of the molecule is COc1cccc2c1cc(C)n2CCNc1cc(-c2ccc(S(=O)O)c(C)c2)ncn1. The predicted molar refractivity (Wildman–Crippen MR) is 123 cm³/mol. The molecule has 0 amide bonds. The van der Waals surface area contributed by atoms with Crippen LogP contribution >= 0.6 is 0 Å². The van der Waals surface area contributed by atoms with Gasteiger partial charge in [0.15, 0.2) is 11.1 Å². The normalized spacial score (nSPS) is 12.1. The Bertz CT molecular complexity index is 1270. The van der Waals surface area contributed by atoms with Crippen LogP contribution in [0.5, 0.6) is 5.75 Å². The molecule has 0 aliphatic heterocycles. The van der Waals surface area contributed by atoms with Gasteiger partial charge in [-0.1, -0.05) is 12.1 Å². The zero-order valence-electron chi connectivity index (χ0n) is 17.6. The van der Waals surface area contributed by atoms with Crippen LogP contribution in [-0.2, 0) is 17.6 Å². The molecule has 0 spiro atoms. The van der Waals surface area contributed by atoms with Gasteiger partial charge < -0.3 is 19.2 Å². The van der Waals surface area contributed by atoms with Gasteiger partial charge in [-0.2, -0.15) is 0 Å². The van der Waals surface area contributed by atoms with Crippen LogP contribution in [0.15, 0.2) is 59.8 Å². The molecule has 4 aromatic rings. The van der Waals surface area contributed by atoms with Gasteiger partial charge >= 0.3 is 0 Å². The Balaban J connectivity index is 1.50. The molecule has 7 nitrogen and oxygen atoms in total. The number of hydrogen-bond donors (Lipinski definition) is 2. The third-order valence-electron chi connectivity index (χ3n) is 5.30. The molecule has 0 bridgehead atoms. The number of aromatic nitrogens is 3. The van der Waals surface area contributed by atoms with E-state index in [1.54, 1.807) is 19.2 Å². The smallest absolute Gasteiger partial charge is 0.186 e. The minimum Gasteiger partial charge on any atom is -0.496 e. The van der Waals surface area contributed by atoms with Crippen molar-refractivity contribution in [3.8, 4) is 17.0 Å². The summed E-state index contributed by atoms with van der Waals surface area (Å²) in [5.74, 6) is 1.60. The maximum absolute atomic E-state index is 11.3. The van der Waals surface area contributed by atoms with Crippen LogP contribution in [0.2, 0.25) is 0 Å². The van der Waals surface area contributed by atoms with Crippen LogP contribution in [0.3, 0.4) is 0 Å². The van der Waals surface area contributed by atoms with Crippen LogP contribution in [-0.4, -0.2) is 37.0 Å². The molecule has 0 radical (unpaired) electrons. The predicted octanol–water partition coefficient (Wildman–Crippen LogP) is 4.42. The third kappa shape index (κ3) is 4.30. The number of ether oxygens (including phenoxy) is 1. The number of aryl methyl sites for hydroxylation is 2. The summed E-state index contributed by atoms with van der Waals surface area (Å²) in [4.78, 5) is 9.08. The lowest BCUT2D eigenvalue weighted by atomic mass is 10.1. The first-order valence-corrected chi connectivity index (χ1v) is 11.0. The van der Waals surface area contributed by atoms with Crippen molar-refractivity contribution in [2.45, 2.75) is 25.3 Å². The Hall–Kier alpha value is -3.23. The fourth-order valence-corrected chi connectivity index (χ4v) is 4.30. The second kappa shape index (κ2) is 8.87. The lowest BCUT2D eigenvalue weighted by Gasteiger charge is -2.11. The van der Waals surface area contributed by atoms with Gasteiger partial charge in [0.25, 0.3) is 0 Å². The van der Waals surface area contributed by atoms with Crippen LogP contribution in [0, 0.1) is 13.8 Å². The van der Waals surface area contributed by atoms with Crippen molar-refractivity contribution < 1.29 is 13.5 Å². The fourth-order valence-electron chi connectivity index (χ4n) is 3.78. The highest BCUT2D eigenvalue weighted by molar-refractivity contribution is 7.79. The molecule has 2 aromatic heterocycles. The number of fused-ring (bicyclic) bond motifs is 1. The monoisotopic (exact) mass is 436 g/mol. The van der Waals surface area contributed by atoms with E-state index in [2.05, 4.69) is 38.9 Å². The minimum atomic E-state index is -2.00. The van der Waals surface area contributed by atoms with Crippen molar-refractivity contribution in [2.24, 2.45) is 0 Å². The van der Waals surface area contributed by atoms with Crippen molar-refractivity contribution in [1.29, 1.82) is 0 Å². The molecule has 0 fully saturated rings. The summed E-state index contributed by atoms with van der Waals surface area (Å²) < 4.78 is 28.4. The van der Waals surface area contributed by atoms with Crippen LogP contribution < -0.4 is 10.1 Å². The summed E-state index contributed by atoms with van der Waals surface area (Å²) in [6.07, 6.45) is 1.52. The number of rotatable bonds is 7. The van der Waals surface area contributed by atoms with E-state index in [4.69, 9.17) is 4.74 Å². The molecule has 2 heterocycles. The molecule has 0 aliphatic rings. The fraction of sp³-hybridized carbons (Fsp3) is 0.217. The number of methoxy groups -OCH3 is 1. The van der Waals surface area contributed by atoms with E-state index in [0.29, 0.717) is 11.4 Å². The van der Waals surface area contributed by atoms with Gasteiger partial charge in [0.2, 0.25) is 0 Å². The summed E-state index contributed by atoms with van der Waals surface area (Å²) in [6.45, 7) is 5.37. The first kappa shape index (κ1) is 21.0. The summed E-state index contributed by atoms with van der Waals surface area (Å²) in [7, 11) is 1.69. The molecule has 8 heteroatoms. The summed E-state index contributed by atoms with van der Waals surface area (Å²) in [5.41, 5.74) is 4.68. The maximum atomic E-state index is 11.3. The van der Waals surface area contributed by atoms with Crippen molar-refractivity contribution >= 4 is 27.8 Å². The highest BCUT2D eigenvalue weighted by atomic mass is 32.2. The quantitative estimate of drug-likeness (QED) is 0.417. The van der Waals surface area contributed by atoms with E-state index >= 15 is 0 Å². The summed E-state index contributed by atoms with van der Waals surface area (Å²) in [5, 5.41) is 4.47. The van der Waals surface area contributed by atoms with E-state index < -0.39 is 11.1 Å². The van der Waals surface area contributed by atoms with Gasteiger partial charge in [-0.3, -0.25) is 0 Å². The van der Waals surface area contributed by atoms with Gasteiger partial charge in [0.05, 0.1) is 23.2 Å². The Morgan fingerprint density at radius 2 is 1.97 bits per heavy atom. The molecule has 0 aliphatic carbocycles. The Morgan fingerprint density at radius 3 is 2.71 bits per heavy atom. The van der Waals surface area contributed by atoms with E-state index in [1.165, 1.54) is 12.0 Å². The van der Waals surface area contributed by atoms with Crippen molar-refractivity contribution in [1.82, 2.24) is 14.5 Å². The van der Waals surface area contributed by atoms with E-state index in [9.17, 15) is 8.76 Å². The number of anilines is 1. The first-order chi connectivity index (χ1) is 15.0. The lowest BCUT2D eigenvalue weighted by molar-refractivity contribution is 0.420. The average Bonchev–Trinajstić information content (AvgIpc) is 3.09. The minimum absolute atomic E-state index is 0.405. The van der Waals surface area contributed by atoms with E-state index in [0.717, 1.165) is 45.8 Å². The van der Waals surface area contributed by atoms with Crippen molar-refractivity contribution in [3.05, 3.63) is 66.1 Å². The highest BCUT2D eigenvalue weighted by Crippen LogP contribution is 2.28. The molecular weight excluding hydrogens is 412 g/mol. The second-order valence-corrected chi connectivity index (χ2v) is 8.21. The number of nitrogens with one attached hydrogen (secondary N) is 1. The van der Waals surface area contributed by atoms with Gasteiger partial charge in [-0.15, -0.1) is 0 Å². The van der Waals surface area contributed by atoms with Crippen LogP contribution in [0.4, 0.5) is 5.82 Å². The third-order valence-corrected chi connectivity index (χ3v) is 6.13. The standard InChI is InChI=1S/C23H24N4O3S/c1-15-11-17(7-8-22(15)31(28)29)19-13-23(26-14-25-19)24-9-10-27-16(2)12-18-20(27)5-4-6-21(18)30-3/h4-8,11-14H,9-10H2,1-3H3,(H,28,29)(H,24,25,26). The van der Waals surface area contributed by atoms with Gasteiger partial charge in [0.1, 0.15) is 17.9 Å². The Kier molecular flexibility index (Phi) is 6.01. The molecule has 2 N–H and O–H groups in total. The average molecular weight is 437 g/mol. The molecule has 160 valence electrons. The molecule has 1 unspecified atom stereocenters. The van der Waals surface area contributed by atoms with Crippen LogP contribution in [0.25, 0.3) is 22.2 Å². The number of nitrogens with zero attached hydrogens (tertiary/aromatic N) is 3. The summed E-state index contributed by atoms with van der Waals surface area (Å²) >= 11 is -2.00. The highest BCUT2D eigenvalue weighted by Gasteiger charge is 2.10. The van der Waals surface area contributed by atoms with E-state index in [1.807, 2.05) is 31.2 Å². The zero-order valence-corrected chi connectivity index (χ0v) is 18.4. The number of hydrogen-bond acceptors (Lipinski definition) is 5. The van der Waals surface area contributed by atoms with Crippen molar-refractivity contribution in [2.75, 3.05) is 19.0 Å². The van der Waals surface area contributed by atoms with Gasteiger partial charge in [0, 0.05) is 35.8 Å². The first-order valence-electron chi connectivity index (χ1n) is 9.88. The Labute approximate surface area is 183 Å². The Morgan fingerprint density at radius 1 is 1.13 bits per heavy atom. The summed E-state index contributed by atoms with van der Waals surface area (Å²) in [6, 6.07) is 15.4. The molecule has 1 atom stereocenters. The van der Waals surface area contributed by atoms with Gasteiger partial charge in [-0.25, -0.2) is 14.2 Å². The number of benzene rings is 2. The maximum Gasteiger partial charge on any atom is 0.186 e. The van der Waals surface area contributed by atoms with Gasteiger partial charge in [-0.05, 0) is 49.7 Å². The molecular formula is C23H24N4O3S. The van der Waals surface area contributed by atoms with Crippen molar-refractivity contribution in [3.63, 3.8) is 0 Å². The largest absolute Gasteiger partial charge is 0.496 e. The molecule has 0 saturated heterocycles.